The van der Waals surface area contributed by atoms with Crippen molar-refractivity contribution in [3.05, 3.63) is 63.7 Å². The number of fused-ring (bicyclic) bond motifs is 1. The second-order valence-corrected chi connectivity index (χ2v) is 7.81. The number of benzene rings is 2. The Labute approximate surface area is 147 Å². The molecule has 1 saturated heterocycles. The first-order valence-corrected chi connectivity index (χ1v) is 9.12. The number of carbonyl (C=O) groups is 1. The Bertz CT molecular complexity index is 971. The van der Waals surface area contributed by atoms with E-state index >= 15 is 0 Å². The third-order valence-corrected chi connectivity index (χ3v) is 5.66. The van der Waals surface area contributed by atoms with Crippen LogP contribution >= 0.6 is 35.3 Å². The SMILES string of the molecule is O=C1NC(=S)S/C1=C\c1cc(-c2ccc3ccccc3c2)cs1. The molecule has 0 bridgehead atoms. The van der Waals surface area contributed by atoms with Gasteiger partial charge in [-0.2, -0.15) is 0 Å². The molecule has 23 heavy (non-hydrogen) atoms. The lowest BCUT2D eigenvalue weighted by molar-refractivity contribution is -0.115. The fourth-order valence-electron chi connectivity index (χ4n) is 2.50. The molecule has 1 aliphatic heterocycles. The summed E-state index contributed by atoms with van der Waals surface area (Å²) >= 11 is 7.95. The van der Waals surface area contributed by atoms with E-state index < -0.39 is 0 Å². The van der Waals surface area contributed by atoms with Crippen LogP contribution in [-0.2, 0) is 4.79 Å². The van der Waals surface area contributed by atoms with Crippen molar-refractivity contribution in [3.8, 4) is 11.1 Å². The number of rotatable bonds is 2. The van der Waals surface area contributed by atoms with Gasteiger partial charge in [0.25, 0.3) is 5.91 Å². The van der Waals surface area contributed by atoms with Gasteiger partial charge in [-0.25, -0.2) is 0 Å². The third-order valence-electron chi connectivity index (χ3n) is 3.62. The van der Waals surface area contributed by atoms with Crippen LogP contribution in [0.15, 0.2) is 58.8 Å². The monoisotopic (exact) mass is 353 g/mol. The van der Waals surface area contributed by atoms with Crippen molar-refractivity contribution >= 4 is 62.4 Å². The molecule has 2 heterocycles. The van der Waals surface area contributed by atoms with Gasteiger partial charge in [-0.15, -0.1) is 11.3 Å². The standard InChI is InChI=1S/C18H11NOS3/c20-17-16(23-18(21)19-17)9-15-8-14(10-22-15)13-6-5-11-3-1-2-4-12(11)7-13/h1-10H,(H,19,20,21)/b16-9-. The quantitative estimate of drug-likeness (QED) is 0.516. The van der Waals surface area contributed by atoms with E-state index in [0.717, 1.165) is 4.88 Å². The summed E-state index contributed by atoms with van der Waals surface area (Å²) in [6, 6.07) is 16.9. The van der Waals surface area contributed by atoms with Crippen molar-refractivity contribution in [2.45, 2.75) is 0 Å². The Morgan fingerprint density at radius 2 is 1.83 bits per heavy atom. The van der Waals surface area contributed by atoms with Crippen LogP contribution in [0.4, 0.5) is 0 Å². The number of hydrogen-bond donors (Lipinski definition) is 1. The number of thiophene rings is 1. The van der Waals surface area contributed by atoms with Crippen molar-refractivity contribution < 1.29 is 4.79 Å². The van der Waals surface area contributed by atoms with Gasteiger partial charge >= 0.3 is 0 Å². The normalized spacial score (nSPS) is 16.3. The molecule has 1 aliphatic rings. The minimum Gasteiger partial charge on any atom is -0.307 e. The van der Waals surface area contributed by atoms with Gasteiger partial charge in [-0.1, -0.05) is 60.4 Å². The van der Waals surface area contributed by atoms with E-state index in [2.05, 4.69) is 47.1 Å². The lowest BCUT2D eigenvalue weighted by atomic mass is 10.0. The largest absolute Gasteiger partial charge is 0.307 e. The van der Waals surface area contributed by atoms with E-state index in [0.29, 0.717) is 9.23 Å². The van der Waals surface area contributed by atoms with Crippen LogP contribution in [0, 0.1) is 0 Å². The highest BCUT2D eigenvalue weighted by molar-refractivity contribution is 8.26. The zero-order chi connectivity index (χ0) is 15.8. The van der Waals surface area contributed by atoms with E-state index in [1.807, 2.05) is 18.2 Å². The zero-order valence-electron chi connectivity index (χ0n) is 11.9. The second-order valence-electron chi connectivity index (χ2n) is 5.15. The van der Waals surface area contributed by atoms with E-state index in [1.165, 1.54) is 33.7 Å². The summed E-state index contributed by atoms with van der Waals surface area (Å²) in [6.07, 6.45) is 1.90. The van der Waals surface area contributed by atoms with Crippen molar-refractivity contribution in [2.75, 3.05) is 0 Å². The van der Waals surface area contributed by atoms with Crippen LogP contribution < -0.4 is 5.32 Å². The first kappa shape index (κ1) is 14.6. The first-order chi connectivity index (χ1) is 11.2. The molecule has 4 rings (SSSR count). The Kier molecular flexibility index (Phi) is 3.77. The summed E-state index contributed by atoms with van der Waals surface area (Å²) in [6.45, 7) is 0. The van der Waals surface area contributed by atoms with Gasteiger partial charge in [0.1, 0.15) is 4.32 Å². The molecule has 0 unspecified atom stereocenters. The van der Waals surface area contributed by atoms with Crippen LogP contribution in [-0.4, -0.2) is 10.2 Å². The van der Waals surface area contributed by atoms with Crippen LogP contribution in [0.25, 0.3) is 28.0 Å². The van der Waals surface area contributed by atoms with Crippen LogP contribution in [0.1, 0.15) is 4.88 Å². The first-order valence-electron chi connectivity index (χ1n) is 7.02. The summed E-state index contributed by atoms with van der Waals surface area (Å²) in [5, 5.41) is 7.22. The number of amides is 1. The van der Waals surface area contributed by atoms with E-state index in [1.54, 1.807) is 11.3 Å². The Hall–Kier alpha value is -1.95. The number of hydrogen-bond acceptors (Lipinski definition) is 4. The van der Waals surface area contributed by atoms with Gasteiger partial charge in [0.2, 0.25) is 0 Å². The minimum atomic E-state index is -0.111. The second kappa shape index (κ2) is 5.92. The molecule has 2 aromatic carbocycles. The molecule has 0 aliphatic carbocycles. The molecule has 1 aromatic heterocycles. The summed E-state index contributed by atoms with van der Waals surface area (Å²) in [4.78, 5) is 13.4. The molecule has 5 heteroatoms. The highest BCUT2D eigenvalue weighted by Crippen LogP contribution is 2.32. The maximum atomic E-state index is 11.7. The lowest BCUT2D eigenvalue weighted by Crippen LogP contribution is -2.17. The van der Waals surface area contributed by atoms with Gasteiger partial charge in [0, 0.05) is 4.88 Å². The number of nitrogens with one attached hydrogen (secondary N) is 1. The molecule has 0 spiro atoms. The molecule has 0 saturated carbocycles. The summed E-state index contributed by atoms with van der Waals surface area (Å²) in [5.41, 5.74) is 2.35. The molecule has 2 nitrogen and oxygen atoms in total. The fraction of sp³-hybridized carbons (Fsp3) is 0. The van der Waals surface area contributed by atoms with E-state index in [-0.39, 0.29) is 5.91 Å². The molecular weight excluding hydrogens is 342 g/mol. The maximum absolute atomic E-state index is 11.7. The molecular formula is C18H11NOS3. The predicted molar refractivity (Wildman–Crippen MR) is 104 cm³/mol. The van der Waals surface area contributed by atoms with Gasteiger partial charge in [0.05, 0.1) is 4.91 Å². The number of thiocarbonyl (C=S) groups is 1. The Balaban J connectivity index is 1.68. The number of thioether (sulfide) groups is 1. The fourth-order valence-corrected chi connectivity index (χ4v) is 4.46. The summed E-state index contributed by atoms with van der Waals surface area (Å²) < 4.78 is 0.521. The molecule has 1 fully saturated rings. The lowest BCUT2D eigenvalue weighted by Gasteiger charge is -2.01. The molecule has 1 N–H and O–H groups in total. The molecule has 3 aromatic rings. The van der Waals surface area contributed by atoms with Crippen molar-refractivity contribution in [3.63, 3.8) is 0 Å². The van der Waals surface area contributed by atoms with Crippen molar-refractivity contribution in [1.82, 2.24) is 5.32 Å². The van der Waals surface area contributed by atoms with E-state index in [4.69, 9.17) is 12.2 Å². The molecule has 112 valence electrons. The highest BCUT2D eigenvalue weighted by atomic mass is 32.2. The Morgan fingerprint density at radius 3 is 2.61 bits per heavy atom. The van der Waals surface area contributed by atoms with Gasteiger partial charge in [-0.3, -0.25) is 4.79 Å². The topological polar surface area (TPSA) is 29.1 Å². The summed E-state index contributed by atoms with van der Waals surface area (Å²) in [7, 11) is 0. The predicted octanol–water partition coefficient (Wildman–Crippen LogP) is 5.06. The van der Waals surface area contributed by atoms with Gasteiger partial charge in [0.15, 0.2) is 0 Å². The smallest absolute Gasteiger partial charge is 0.263 e. The zero-order valence-corrected chi connectivity index (χ0v) is 14.4. The number of carbonyl (C=O) groups excluding carboxylic acids is 1. The van der Waals surface area contributed by atoms with Crippen LogP contribution in [0.5, 0.6) is 0 Å². The van der Waals surface area contributed by atoms with Crippen LogP contribution in [0.3, 0.4) is 0 Å². The Morgan fingerprint density at radius 1 is 1.00 bits per heavy atom. The van der Waals surface area contributed by atoms with Gasteiger partial charge < -0.3 is 5.32 Å². The average molecular weight is 353 g/mol. The minimum absolute atomic E-state index is 0.111. The molecule has 1 amide bonds. The van der Waals surface area contributed by atoms with E-state index in [9.17, 15) is 4.79 Å². The maximum Gasteiger partial charge on any atom is 0.263 e. The van der Waals surface area contributed by atoms with Gasteiger partial charge in [-0.05, 0) is 45.5 Å². The van der Waals surface area contributed by atoms with Crippen molar-refractivity contribution in [1.29, 1.82) is 0 Å². The third kappa shape index (κ3) is 2.95. The van der Waals surface area contributed by atoms with Crippen LogP contribution in [0.2, 0.25) is 0 Å². The summed E-state index contributed by atoms with van der Waals surface area (Å²) in [5.74, 6) is -0.111. The average Bonchev–Trinajstić information content (AvgIpc) is 3.14. The van der Waals surface area contributed by atoms with Crippen molar-refractivity contribution in [2.24, 2.45) is 0 Å². The molecule has 0 atom stereocenters. The highest BCUT2D eigenvalue weighted by Gasteiger charge is 2.22. The molecule has 0 radical (unpaired) electrons.